The number of unbranched alkanes of at least 4 members (excludes halogenated alkanes) is 3. The summed E-state index contributed by atoms with van der Waals surface area (Å²) in [5, 5.41) is 0. The van der Waals surface area contributed by atoms with Crippen LogP contribution in [0, 0.1) is 0 Å². The van der Waals surface area contributed by atoms with Gasteiger partial charge in [-0.3, -0.25) is 0 Å². The van der Waals surface area contributed by atoms with E-state index < -0.39 is 6.10 Å². The van der Waals surface area contributed by atoms with E-state index in [1.807, 2.05) is 72.8 Å². The van der Waals surface area contributed by atoms with Gasteiger partial charge in [0, 0.05) is 0 Å². The van der Waals surface area contributed by atoms with Crippen molar-refractivity contribution < 1.29 is 23.7 Å². The summed E-state index contributed by atoms with van der Waals surface area (Å²) in [4.78, 5) is 0. The lowest BCUT2D eigenvalue weighted by Gasteiger charge is -2.46. The summed E-state index contributed by atoms with van der Waals surface area (Å²) in [6.07, 6.45) is 4.02. The first-order valence-electron chi connectivity index (χ1n) is 16.5. The lowest BCUT2D eigenvalue weighted by atomic mass is 9.91. The Balaban J connectivity index is 1.41. The minimum Gasteiger partial charge on any atom is -0.374 e. The smallest absolute Gasteiger partial charge is 0.115 e. The van der Waals surface area contributed by atoms with E-state index in [1.165, 1.54) is 19.3 Å². The van der Waals surface area contributed by atoms with Gasteiger partial charge < -0.3 is 23.7 Å². The molecule has 0 aromatic heterocycles. The molecule has 238 valence electrons. The van der Waals surface area contributed by atoms with Gasteiger partial charge in [-0.05, 0) is 28.7 Å². The number of ether oxygens (including phenoxy) is 5. The topological polar surface area (TPSA) is 46.2 Å². The van der Waals surface area contributed by atoms with Crippen molar-refractivity contribution in [2.45, 2.75) is 96.0 Å². The van der Waals surface area contributed by atoms with Gasteiger partial charge in [-0.15, -0.1) is 0 Å². The van der Waals surface area contributed by atoms with Crippen LogP contribution >= 0.6 is 0 Å². The Morgan fingerprint density at radius 1 is 0.467 bits per heavy atom. The molecule has 1 fully saturated rings. The summed E-state index contributed by atoms with van der Waals surface area (Å²) in [6, 6.07) is 41.2. The van der Waals surface area contributed by atoms with Crippen LogP contribution < -0.4 is 0 Å². The van der Waals surface area contributed by atoms with Crippen molar-refractivity contribution in [2.75, 3.05) is 6.61 Å². The highest BCUT2D eigenvalue weighted by molar-refractivity contribution is 5.16. The molecule has 45 heavy (non-hydrogen) atoms. The molecule has 5 atom stereocenters. The van der Waals surface area contributed by atoms with Crippen molar-refractivity contribution in [1.29, 1.82) is 0 Å². The predicted molar refractivity (Wildman–Crippen MR) is 179 cm³/mol. The van der Waals surface area contributed by atoms with Crippen LogP contribution in [0.15, 0.2) is 121 Å². The van der Waals surface area contributed by atoms with Crippen molar-refractivity contribution in [2.24, 2.45) is 0 Å². The zero-order chi connectivity index (χ0) is 30.9. The van der Waals surface area contributed by atoms with Crippen molar-refractivity contribution in [3.63, 3.8) is 0 Å². The fraction of sp³-hybridized carbons (Fsp3) is 0.400. The van der Waals surface area contributed by atoms with E-state index in [2.05, 4.69) is 55.5 Å². The largest absolute Gasteiger partial charge is 0.374 e. The van der Waals surface area contributed by atoms with Crippen molar-refractivity contribution in [3.05, 3.63) is 144 Å². The zero-order valence-electron chi connectivity index (χ0n) is 26.5. The molecule has 0 amide bonds. The molecule has 0 bridgehead atoms. The monoisotopic (exact) mass is 608 g/mol. The molecule has 5 nitrogen and oxygen atoms in total. The Bertz CT molecular complexity index is 1320. The zero-order valence-corrected chi connectivity index (χ0v) is 26.5. The summed E-state index contributed by atoms with van der Waals surface area (Å²) < 4.78 is 33.6. The first kappa shape index (κ1) is 33.1. The van der Waals surface area contributed by atoms with E-state index in [4.69, 9.17) is 23.7 Å². The Labute approximate surface area is 269 Å². The van der Waals surface area contributed by atoms with Crippen LogP contribution in [0.3, 0.4) is 0 Å². The number of hydrogen-bond donors (Lipinski definition) is 0. The number of benzene rings is 4. The van der Waals surface area contributed by atoms with Crippen LogP contribution in [0.25, 0.3) is 0 Å². The van der Waals surface area contributed by atoms with Gasteiger partial charge in [0.15, 0.2) is 0 Å². The normalized spacial score (nSPS) is 21.5. The molecule has 4 aromatic rings. The van der Waals surface area contributed by atoms with Crippen LogP contribution in [0.5, 0.6) is 0 Å². The molecule has 0 N–H and O–H groups in total. The lowest BCUT2D eigenvalue weighted by molar-refractivity contribution is -0.273. The van der Waals surface area contributed by atoms with Gasteiger partial charge in [0.05, 0.1) is 39.1 Å². The summed E-state index contributed by atoms with van der Waals surface area (Å²) in [5.74, 6) is 0. The van der Waals surface area contributed by atoms with Gasteiger partial charge >= 0.3 is 0 Å². The van der Waals surface area contributed by atoms with Crippen molar-refractivity contribution >= 4 is 0 Å². The number of rotatable bonds is 18. The van der Waals surface area contributed by atoms with Crippen LogP contribution in [0.2, 0.25) is 0 Å². The molecule has 5 rings (SSSR count). The maximum Gasteiger partial charge on any atom is 0.115 e. The first-order valence-corrected chi connectivity index (χ1v) is 16.5. The molecule has 0 unspecified atom stereocenters. The Morgan fingerprint density at radius 2 is 0.889 bits per heavy atom. The molecule has 0 aliphatic carbocycles. The maximum atomic E-state index is 6.93. The average Bonchev–Trinajstić information content (AvgIpc) is 3.10. The summed E-state index contributed by atoms with van der Waals surface area (Å²) in [6.45, 7) is 4.54. The van der Waals surface area contributed by atoms with Gasteiger partial charge in [-0.25, -0.2) is 0 Å². The van der Waals surface area contributed by atoms with E-state index in [1.54, 1.807) is 0 Å². The van der Waals surface area contributed by atoms with Crippen LogP contribution in [0.1, 0.15) is 61.3 Å². The Hall–Kier alpha value is -3.32. The molecule has 0 spiro atoms. The maximum absolute atomic E-state index is 6.93. The molecule has 0 saturated carbocycles. The molecule has 0 radical (unpaired) electrons. The average molecular weight is 609 g/mol. The van der Waals surface area contributed by atoms with Gasteiger partial charge in [-0.2, -0.15) is 0 Å². The molecular formula is C40H48O5. The quantitative estimate of drug-likeness (QED) is 0.106. The highest BCUT2D eigenvalue weighted by Gasteiger charge is 2.48. The fourth-order valence-corrected chi connectivity index (χ4v) is 5.89. The Kier molecular flexibility index (Phi) is 13.7. The second kappa shape index (κ2) is 18.6. The van der Waals surface area contributed by atoms with Gasteiger partial charge in [0.25, 0.3) is 0 Å². The fourth-order valence-electron chi connectivity index (χ4n) is 5.89. The molecule has 5 heteroatoms. The Morgan fingerprint density at radius 3 is 1.36 bits per heavy atom. The van der Waals surface area contributed by atoms with Crippen LogP contribution in [0.4, 0.5) is 0 Å². The van der Waals surface area contributed by atoms with Gasteiger partial charge in [0.2, 0.25) is 0 Å². The molecule has 1 aliphatic heterocycles. The minimum atomic E-state index is -0.391. The first-order chi connectivity index (χ1) is 22.3. The summed E-state index contributed by atoms with van der Waals surface area (Å²) in [5.41, 5.74) is 4.47. The highest BCUT2D eigenvalue weighted by atomic mass is 16.6. The van der Waals surface area contributed by atoms with Crippen molar-refractivity contribution in [3.8, 4) is 0 Å². The molecule has 4 aromatic carbocycles. The van der Waals surface area contributed by atoms with E-state index >= 15 is 0 Å². The second-order valence-electron chi connectivity index (χ2n) is 11.8. The van der Waals surface area contributed by atoms with Crippen LogP contribution in [-0.2, 0) is 50.1 Å². The highest BCUT2D eigenvalue weighted by Crippen LogP contribution is 2.33. The van der Waals surface area contributed by atoms with E-state index in [9.17, 15) is 0 Å². The van der Waals surface area contributed by atoms with Gasteiger partial charge in [-0.1, -0.05) is 154 Å². The minimum absolute atomic E-state index is 0.145. The summed E-state index contributed by atoms with van der Waals surface area (Å²) >= 11 is 0. The standard InChI is InChI=1S/C40H48O5/c1-2-3-4-17-26-36-38(42-28-33-20-11-6-12-21-33)40(44-30-35-24-15-8-16-25-35)39(43-29-34-22-13-7-14-23-34)37(45-36)31-41-27-32-18-9-5-10-19-32/h5-16,18-25,36-40H,2-4,17,26-31H2,1H3/t36-,37-,38+,39-,40-/m1/s1. The third-order valence-electron chi connectivity index (χ3n) is 8.32. The predicted octanol–water partition coefficient (Wildman–Crippen LogP) is 8.70. The van der Waals surface area contributed by atoms with E-state index in [0.29, 0.717) is 33.0 Å². The van der Waals surface area contributed by atoms with E-state index in [0.717, 1.165) is 35.1 Å². The third kappa shape index (κ3) is 10.6. The molecule has 1 aliphatic rings. The SMILES string of the molecule is CCCCCC[C@H]1O[C@H](COCc2ccccc2)[C@@H](OCc2ccccc2)[C@H](OCc2ccccc2)[C@H]1OCc1ccccc1. The second-order valence-corrected chi connectivity index (χ2v) is 11.8. The van der Waals surface area contributed by atoms with E-state index in [-0.39, 0.29) is 24.4 Å². The summed E-state index contributed by atoms with van der Waals surface area (Å²) in [7, 11) is 0. The number of hydrogen-bond acceptors (Lipinski definition) is 5. The lowest BCUT2D eigenvalue weighted by Crippen LogP contribution is -2.61. The van der Waals surface area contributed by atoms with Crippen molar-refractivity contribution in [1.82, 2.24) is 0 Å². The third-order valence-corrected chi connectivity index (χ3v) is 8.32. The molecule has 1 heterocycles. The van der Waals surface area contributed by atoms with Crippen LogP contribution in [-0.4, -0.2) is 37.1 Å². The molecular weight excluding hydrogens is 560 g/mol. The van der Waals surface area contributed by atoms with Gasteiger partial charge in [0.1, 0.15) is 24.4 Å². The molecule has 1 saturated heterocycles.